The molecule has 1 amide bonds. The molecule has 1 heterocycles. The molecule has 0 aliphatic carbocycles. The molecule has 0 aromatic heterocycles. The van der Waals surface area contributed by atoms with Crippen LogP contribution in [0.25, 0.3) is 0 Å². The number of benzene rings is 1. The van der Waals surface area contributed by atoms with E-state index >= 15 is 0 Å². The van der Waals surface area contributed by atoms with Crippen LogP contribution in [0.4, 0.5) is 10.5 Å². The maximum absolute atomic E-state index is 10.7. The van der Waals surface area contributed by atoms with Gasteiger partial charge in [-0.25, -0.2) is 0 Å². The lowest BCUT2D eigenvalue weighted by molar-refractivity contribution is 0.145. The quantitative estimate of drug-likeness (QED) is 0.780. The van der Waals surface area contributed by atoms with Gasteiger partial charge >= 0.3 is 0 Å². The molecule has 2 radical (unpaired) electrons. The number of piperidine rings is 1. The lowest BCUT2D eigenvalue weighted by Crippen LogP contribution is -2.35. The second-order valence-electron chi connectivity index (χ2n) is 4.61. The smallest absolute Gasteiger partial charge is 0.200 e. The molecule has 1 fully saturated rings. The van der Waals surface area contributed by atoms with Crippen LogP contribution in [-0.4, -0.2) is 38.0 Å². The minimum atomic E-state index is -0.513. The van der Waals surface area contributed by atoms with E-state index in [4.69, 9.17) is 7.85 Å². The van der Waals surface area contributed by atoms with Crippen molar-refractivity contribution in [2.24, 2.45) is 0 Å². The molecular formula is C13H17BN2O2. The predicted octanol–water partition coefficient (Wildman–Crippen LogP) is 1.03. The highest BCUT2D eigenvalue weighted by atomic mass is 16.3. The van der Waals surface area contributed by atoms with E-state index in [-0.39, 0.29) is 6.10 Å². The predicted molar refractivity (Wildman–Crippen MR) is 71.9 cm³/mol. The van der Waals surface area contributed by atoms with Crippen LogP contribution < -0.4 is 10.2 Å². The Morgan fingerprint density at radius 3 is 2.83 bits per heavy atom. The second-order valence-corrected chi connectivity index (χ2v) is 4.61. The summed E-state index contributed by atoms with van der Waals surface area (Å²) in [6.07, 6.45) is 1.45. The first-order valence-corrected chi connectivity index (χ1v) is 6.20. The van der Waals surface area contributed by atoms with Gasteiger partial charge in [0.25, 0.3) is 0 Å². The minimum absolute atomic E-state index is 0.166. The van der Waals surface area contributed by atoms with Gasteiger partial charge in [-0.15, -0.1) is 0 Å². The summed E-state index contributed by atoms with van der Waals surface area (Å²) >= 11 is 0. The van der Waals surface area contributed by atoms with Crippen molar-refractivity contribution in [3.05, 3.63) is 29.8 Å². The number of carbonyl (C=O) groups is 1. The number of amides is 1. The summed E-state index contributed by atoms with van der Waals surface area (Å²) in [5.41, 5.74) is 2.16. The van der Waals surface area contributed by atoms with Crippen molar-refractivity contribution in [2.75, 3.05) is 18.0 Å². The highest BCUT2D eigenvalue weighted by Crippen LogP contribution is 2.21. The van der Waals surface area contributed by atoms with Crippen LogP contribution in [0.5, 0.6) is 0 Å². The lowest BCUT2D eigenvalue weighted by Gasteiger charge is -2.31. The number of anilines is 1. The first-order chi connectivity index (χ1) is 8.65. The summed E-state index contributed by atoms with van der Waals surface area (Å²) in [5, 5.41) is 12.1. The van der Waals surface area contributed by atoms with E-state index in [1.165, 1.54) is 0 Å². The summed E-state index contributed by atoms with van der Waals surface area (Å²) in [5.74, 6) is -0.513. The van der Waals surface area contributed by atoms with E-state index in [1.807, 2.05) is 24.3 Å². The van der Waals surface area contributed by atoms with Crippen LogP contribution in [0.1, 0.15) is 18.4 Å². The van der Waals surface area contributed by atoms with Crippen molar-refractivity contribution in [1.82, 2.24) is 5.32 Å². The van der Waals surface area contributed by atoms with Gasteiger partial charge in [0.05, 0.1) is 6.10 Å². The maximum atomic E-state index is 10.7. The molecule has 1 saturated heterocycles. The van der Waals surface area contributed by atoms with Crippen LogP contribution in [-0.2, 0) is 6.54 Å². The Morgan fingerprint density at radius 1 is 1.44 bits per heavy atom. The van der Waals surface area contributed by atoms with Crippen molar-refractivity contribution in [2.45, 2.75) is 25.5 Å². The van der Waals surface area contributed by atoms with Gasteiger partial charge in [0, 0.05) is 25.3 Å². The fourth-order valence-corrected chi connectivity index (χ4v) is 2.18. The van der Waals surface area contributed by atoms with Crippen LogP contribution in [0, 0.1) is 0 Å². The number of aliphatic hydroxyl groups excluding tert-OH is 1. The average molecular weight is 244 g/mol. The van der Waals surface area contributed by atoms with Crippen LogP contribution >= 0.6 is 0 Å². The molecule has 4 nitrogen and oxygen atoms in total. The number of carbonyl (C=O) groups excluding carboxylic acids is 1. The molecule has 5 heteroatoms. The van der Waals surface area contributed by atoms with E-state index in [0.717, 1.165) is 37.2 Å². The van der Waals surface area contributed by atoms with Gasteiger partial charge in [-0.3, -0.25) is 4.79 Å². The SMILES string of the molecule is [B]C(=O)NCc1cccc(N2CCC(O)CC2)c1. The number of hydrogen-bond donors (Lipinski definition) is 2. The van der Waals surface area contributed by atoms with E-state index in [9.17, 15) is 9.90 Å². The number of aliphatic hydroxyl groups is 1. The minimum Gasteiger partial charge on any atom is -0.393 e. The van der Waals surface area contributed by atoms with Crippen molar-refractivity contribution < 1.29 is 9.90 Å². The molecule has 0 unspecified atom stereocenters. The van der Waals surface area contributed by atoms with Crippen molar-refractivity contribution >= 4 is 19.3 Å². The van der Waals surface area contributed by atoms with E-state index in [2.05, 4.69) is 10.2 Å². The van der Waals surface area contributed by atoms with Gasteiger partial charge in [-0.05, 0) is 30.5 Å². The Kier molecular flexibility index (Phi) is 4.26. The molecule has 0 saturated carbocycles. The van der Waals surface area contributed by atoms with Gasteiger partial charge in [0.15, 0.2) is 5.81 Å². The van der Waals surface area contributed by atoms with Gasteiger partial charge in [0.2, 0.25) is 7.85 Å². The highest BCUT2D eigenvalue weighted by Gasteiger charge is 2.17. The molecule has 1 aliphatic rings. The van der Waals surface area contributed by atoms with Crippen LogP contribution in [0.15, 0.2) is 24.3 Å². The van der Waals surface area contributed by atoms with Gasteiger partial charge < -0.3 is 15.3 Å². The third-order valence-electron chi connectivity index (χ3n) is 3.21. The Balaban J connectivity index is 2.00. The average Bonchev–Trinajstić information content (AvgIpc) is 2.37. The molecular weight excluding hydrogens is 227 g/mol. The van der Waals surface area contributed by atoms with E-state index < -0.39 is 5.81 Å². The van der Waals surface area contributed by atoms with Crippen LogP contribution in [0.2, 0.25) is 0 Å². The summed E-state index contributed by atoms with van der Waals surface area (Å²) in [6.45, 7) is 2.18. The monoisotopic (exact) mass is 244 g/mol. The molecule has 2 N–H and O–H groups in total. The first-order valence-electron chi connectivity index (χ1n) is 6.20. The summed E-state index contributed by atoms with van der Waals surface area (Å²) in [4.78, 5) is 12.9. The normalized spacial score (nSPS) is 16.6. The van der Waals surface area contributed by atoms with Gasteiger partial charge in [-0.2, -0.15) is 0 Å². The first kappa shape index (κ1) is 13.0. The molecule has 0 bridgehead atoms. The standard InChI is InChI=1S/C13H17BN2O2/c14-13(18)15-9-10-2-1-3-11(8-10)16-6-4-12(17)5-7-16/h1-3,8,12,17H,4-7,9H2,(H,15,18). The summed E-state index contributed by atoms with van der Waals surface area (Å²) < 4.78 is 0. The van der Waals surface area contributed by atoms with Gasteiger partial charge in [-0.1, -0.05) is 12.1 Å². The highest BCUT2D eigenvalue weighted by molar-refractivity contribution is 6.57. The topological polar surface area (TPSA) is 52.6 Å². The van der Waals surface area contributed by atoms with Crippen molar-refractivity contribution in [1.29, 1.82) is 0 Å². The fraction of sp³-hybridized carbons (Fsp3) is 0.462. The number of nitrogens with zero attached hydrogens (tertiary/aromatic N) is 1. The molecule has 94 valence electrons. The third-order valence-corrected chi connectivity index (χ3v) is 3.21. The zero-order valence-electron chi connectivity index (χ0n) is 10.3. The third kappa shape index (κ3) is 3.50. The Morgan fingerprint density at radius 2 is 2.17 bits per heavy atom. The molecule has 1 aromatic carbocycles. The molecule has 1 aromatic rings. The fourth-order valence-electron chi connectivity index (χ4n) is 2.18. The zero-order chi connectivity index (χ0) is 13.0. The van der Waals surface area contributed by atoms with Gasteiger partial charge in [0.1, 0.15) is 0 Å². The number of rotatable bonds is 3. The number of nitrogens with one attached hydrogen (secondary N) is 1. The molecule has 0 spiro atoms. The molecule has 0 atom stereocenters. The maximum Gasteiger partial charge on any atom is 0.200 e. The second kappa shape index (κ2) is 5.91. The van der Waals surface area contributed by atoms with Crippen molar-refractivity contribution in [3.63, 3.8) is 0 Å². The largest absolute Gasteiger partial charge is 0.393 e. The molecule has 18 heavy (non-hydrogen) atoms. The van der Waals surface area contributed by atoms with Crippen LogP contribution in [0.3, 0.4) is 0 Å². The van der Waals surface area contributed by atoms with Crippen molar-refractivity contribution in [3.8, 4) is 0 Å². The van der Waals surface area contributed by atoms with E-state index in [1.54, 1.807) is 0 Å². The Hall–Kier alpha value is -1.49. The lowest BCUT2D eigenvalue weighted by atomic mass is 10.1. The molecule has 1 aliphatic heterocycles. The zero-order valence-corrected chi connectivity index (χ0v) is 10.3. The Bertz CT molecular complexity index is 417. The summed E-state index contributed by atoms with van der Waals surface area (Å²) in [6, 6.07) is 8.02. The molecule has 2 rings (SSSR count). The number of hydrogen-bond acceptors (Lipinski definition) is 3. The summed E-state index contributed by atoms with van der Waals surface area (Å²) in [7, 11) is 5.05. The Labute approximate surface area is 108 Å². The van der Waals surface area contributed by atoms with E-state index in [0.29, 0.717) is 6.54 Å².